The van der Waals surface area contributed by atoms with E-state index < -0.39 is 5.82 Å². The van der Waals surface area contributed by atoms with Crippen LogP contribution < -0.4 is 20.7 Å². The molecule has 3 aliphatic carbocycles. The van der Waals surface area contributed by atoms with Crippen LogP contribution in [0.4, 0.5) is 27.9 Å². The number of fused-ring (bicyclic) bond motifs is 2. The summed E-state index contributed by atoms with van der Waals surface area (Å²) in [6.07, 6.45) is 11.6. The van der Waals surface area contributed by atoms with Gasteiger partial charge in [0.15, 0.2) is 11.6 Å². The van der Waals surface area contributed by atoms with Gasteiger partial charge in [-0.1, -0.05) is 25.7 Å². The number of halogens is 1. The lowest BCUT2D eigenvalue weighted by Crippen LogP contribution is -2.27. The predicted octanol–water partition coefficient (Wildman–Crippen LogP) is 5.36. The maximum absolute atomic E-state index is 14.2. The van der Waals surface area contributed by atoms with Crippen LogP contribution in [0.5, 0.6) is 5.75 Å². The van der Waals surface area contributed by atoms with Crippen molar-refractivity contribution in [3.05, 3.63) is 24.0 Å². The van der Waals surface area contributed by atoms with E-state index >= 15 is 0 Å². The minimum Gasteiger partial charge on any atom is -0.494 e. The molecule has 172 valence electrons. The lowest BCUT2D eigenvalue weighted by atomic mass is 9.89. The molecule has 1 aromatic heterocycles. The summed E-state index contributed by atoms with van der Waals surface area (Å²) in [7, 11) is 1.45. The van der Waals surface area contributed by atoms with Gasteiger partial charge in [0.05, 0.1) is 7.11 Å². The van der Waals surface area contributed by atoms with Crippen LogP contribution in [0.1, 0.15) is 57.8 Å². The van der Waals surface area contributed by atoms with Crippen molar-refractivity contribution in [1.82, 2.24) is 15.0 Å². The van der Waals surface area contributed by atoms with Gasteiger partial charge in [-0.05, 0) is 62.0 Å². The lowest BCUT2D eigenvalue weighted by molar-refractivity contribution is 0.373. The minimum absolute atomic E-state index is 0.208. The summed E-state index contributed by atoms with van der Waals surface area (Å²) >= 11 is 0. The highest BCUT2D eigenvalue weighted by Crippen LogP contribution is 2.45. The van der Waals surface area contributed by atoms with Gasteiger partial charge in [0, 0.05) is 24.3 Å². The van der Waals surface area contributed by atoms with Crippen LogP contribution in [0, 0.1) is 23.6 Å². The van der Waals surface area contributed by atoms with E-state index in [2.05, 4.69) is 30.9 Å². The van der Waals surface area contributed by atoms with Crippen molar-refractivity contribution < 1.29 is 9.13 Å². The van der Waals surface area contributed by atoms with Gasteiger partial charge in [0.25, 0.3) is 0 Å². The molecular formula is C24H33FN6O. The molecular weight excluding hydrogens is 407 g/mol. The first-order chi connectivity index (χ1) is 15.7. The lowest BCUT2D eigenvalue weighted by Gasteiger charge is -2.24. The number of ether oxygens (including phenoxy) is 1. The van der Waals surface area contributed by atoms with Crippen molar-refractivity contribution in [2.75, 3.05) is 29.6 Å². The normalized spacial score (nSPS) is 25.0. The average Bonchev–Trinajstić information content (AvgIpc) is 3.42. The van der Waals surface area contributed by atoms with Crippen molar-refractivity contribution in [2.45, 2.75) is 63.8 Å². The van der Waals surface area contributed by atoms with Crippen molar-refractivity contribution in [3.63, 3.8) is 0 Å². The van der Waals surface area contributed by atoms with Gasteiger partial charge in [-0.2, -0.15) is 15.0 Å². The molecule has 1 heterocycles. The molecule has 32 heavy (non-hydrogen) atoms. The number of hydrogen-bond acceptors (Lipinski definition) is 7. The Bertz CT molecular complexity index is 935. The number of anilines is 4. The van der Waals surface area contributed by atoms with Crippen LogP contribution >= 0.6 is 0 Å². The van der Waals surface area contributed by atoms with Crippen molar-refractivity contribution in [3.8, 4) is 5.75 Å². The predicted molar refractivity (Wildman–Crippen MR) is 124 cm³/mol. The second-order valence-electron chi connectivity index (χ2n) is 9.59. The summed E-state index contributed by atoms with van der Waals surface area (Å²) in [5.74, 6) is 3.54. The number of rotatable bonds is 8. The molecule has 0 saturated heterocycles. The zero-order chi connectivity index (χ0) is 21.9. The van der Waals surface area contributed by atoms with Crippen molar-refractivity contribution in [1.29, 1.82) is 0 Å². The minimum atomic E-state index is -0.428. The molecule has 3 unspecified atom stereocenters. The number of aromatic nitrogens is 3. The molecule has 1 aromatic carbocycles. The van der Waals surface area contributed by atoms with Gasteiger partial charge in [-0.25, -0.2) is 4.39 Å². The quantitative estimate of drug-likeness (QED) is 0.510. The van der Waals surface area contributed by atoms with Crippen LogP contribution in [0.25, 0.3) is 0 Å². The third kappa shape index (κ3) is 4.89. The van der Waals surface area contributed by atoms with Crippen molar-refractivity contribution >= 4 is 23.5 Å². The van der Waals surface area contributed by atoms with Gasteiger partial charge >= 0.3 is 0 Å². The molecule has 3 aliphatic rings. The van der Waals surface area contributed by atoms with E-state index in [4.69, 9.17) is 4.74 Å². The highest BCUT2D eigenvalue weighted by Gasteiger charge is 2.39. The van der Waals surface area contributed by atoms with Crippen LogP contribution in [0.2, 0.25) is 0 Å². The van der Waals surface area contributed by atoms with E-state index in [-0.39, 0.29) is 5.75 Å². The molecule has 3 atom stereocenters. The number of benzene rings is 1. The molecule has 5 rings (SSSR count). The molecule has 0 spiro atoms. The Labute approximate surface area is 189 Å². The first kappa shape index (κ1) is 21.2. The van der Waals surface area contributed by atoms with Crippen LogP contribution in [-0.2, 0) is 0 Å². The maximum atomic E-state index is 14.2. The fraction of sp³-hybridized carbons (Fsp3) is 0.625. The van der Waals surface area contributed by atoms with E-state index in [0.717, 1.165) is 12.5 Å². The Balaban J connectivity index is 1.33. The van der Waals surface area contributed by atoms with E-state index in [0.29, 0.717) is 41.4 Å². The van der Waals surface area contributed by atoms with Crippen molar-refractivity contribution in [2.24, 2.45) is 17.8 Å². The summed E-state index contributed by atoms with van der Waals surface area (Å²) < 4.78 is 19.2. The molecule has 8 heteroatoms. The zero-order valence-corrected chi connectivity index (χ0v) is 18.7. The summed E-state index contributed by atoms with van der Waals surface area (Å²) in [6, 6.07) is 5.16. The molecule has 2 aromatic rings. The fourth-order valence-corrected chi connectivity index (χ4v) is 5.66. The van der Waals surface area contributed by atoms with E-state index in [1.165, 1.54) is 71.0 Å². The number of hydrogen-bond donors (Lipinski definition) is 3. The summed E-state index contributed by atoms with van der Waals surface area (Å²) in [5, 5.41) is 10.1. The van der Waals surface area contributed by atoms with E-state index in [1.54, 1.807) is 12.1 Å². The summed E-state index contributed by atoms with van der Waals surface area (Å²) in [4.78, 5) is 13.8. The monoisotopic (exact) mass is 440 g/mol. The van der Waals surface area contributed by atoms with E-state index in [1.807, 2.05) is 0 Å². The fourth-order valence-electron chi connectivity index (χ4n) is 5.66. The number of nitrogens with zero attached hydrogens (tertiary/aromatic N) is 3. The summed E-state index contributed by atoms with van der Waals surface area (Å²) in [6.45, 7) is 0.869. The molecule has 7 nitrogen and oxygen atoms in total. The van der Waals surface area contributed by atoms with Gasteiger partial charge in [0.2, 0.25) is 17.8 Å². The topological polar surface area (TPSA) is 84.0 Å². The van der Waals surface area contributed by atoms with Gasteiger partial charge in [0.1, 0.15) is 0 Å². The van der Waals surface area contributed by atoms with Gasteiger partial charge < -0.3 is 20.7 Å². The molecule has 3 fully saturated rings. The smallest absolute Gasteiger partial charge is 0.233 e. The average molecular weight is 441 g/mol. The molecule has 3 saturated carbocycles. The molecule has 0 radical (unpaired) electrons. The maximum Gasteiger partial charge on any atom is 0.233 e. The first-order valence-corrected chi connectivity index (χ1v) is 12.0. The molecule has 2 bridgehead atoms. The van der Waals surface area contributed by atoms with Gasteiger partial charge in [-0.3, -0.25) is 0 Å². The van der Waals surface area contributed by atoms with Crippen LogP contribution in [0.15, 0.2) is 18.2 Å². The third-order valence-corrected chi connectivity index (χ3v) is 7.37. The largest absolute Gasteiger partial charge is 0.494 e. The zero-order valence-electron chi connectivity index (χ0n) is 18.7. The Kier molecular flexibility index (Phi) is 6.28. The Morgan fingerprint density at radius 1 is 0.969 bits per heavy atom. The highest BCUT2D eigenvalue weighted by atomic mass is 19.1. The standard InChI is InChI=1S/C24H33FN6O/c1-32-21-10-9-18(13-19(21)25)27-23-29-22(26-14-15-5-3-2-4-6-15)30-24(31-23)28-20-12-16-7-8-17(20)11-16/h9-10,13,15-17,20H,2-8,11-12,14H2,1H3,(H3,26,27,28,29,30,31). The SMILES string of the molecule is COc1ccc(Nc2nc(NCC3CCCCC3)nc(NC3CC4CCC3C4)n2)cc1F. The molecule has 0 aliphatic heterocycles. The van der Waals surface area contributed by atoms with Gasteiger partial charge in [-0.15, -0.1) is 0 Å². The Morgan fingerprint density at radius 2 is 1.78 bits per heavy atom. The first-order valence-electron chi connectivity index (χ1n) is 12.0. The highest BCUT2D eigenvalue weighted by molar-refractivity contribution is 5.57. The Morgan fingerprint density at radius 3 is 2.50 bits per heavy atom. The Hall–Kier alpha value is -2.64. The molecule has 0 amide bonds. The summed E-state index contributed by atoms with van der Waals surface area (Å²) in [5.41, 5.74) is 0.568. The number of nitrogens with one attached hydrogen (secondary N) is 3. The second-order valence-corrected chi connectivity index (χ2v) is 9.59. The van der Waals surface area contributed by atoms with Crippen LogP contribution in [0.3, 0.4) is 0 Å². The third-order valence-electron chi connectivity index (χ3n) is 7.37. The molecule has 3 N–H and O–H groups in total. The van der Waals surface area contributed by atoms with Crippen LogP contribution in [-0.4, -0.2) is 34.6 Å². The number of methoxy groups -OCH3 is 1. The second kappa shape index (κ2) is 9.46. The van der Waals surface area contributed by atoms with E-state index in [9.17, 15) is 4.39 Å².